The van der Waals surface area contributed by atoms with Crippen LogP contribution in [0.2, 0.25) is 0 Å². The molecule has 0 aromatic heterocycles. The van der Waals surface area contributed by atoms with Crippen LogP contribution in [0.3, 0.4) is 0 Å². The number of fused-ring (bicyclic) bond motifs is 10. The lowest BCUT2D eigenvalue weighted by Gasteiger charge is -2.59. The SMILES string of the molecule is C[C@]12CC[C@H]3[C@@H](CC=C4C[C@@H](O)CC[C@@]43C)[C@@H]1CC[C@@H]2[C@](C)(O)C#Cc1ccc(F)cc1.[2H]C([2H])(c1ccc(F)cc1)C([2H])([2H])[C@@](C)(O)[C@H]1CC[C@H]2[C@@H]3CC=C4C[C@@H](O)CC[C@]4(C)[C@H]3CC[C@@]21C. The molecule has 2 aromatic carbocycles. The van der Waals surface area contributed by atoms with Crippen LogP contribution in [0.25, 0.3) is 0 Å². The van der Waals surface area contributed by atoms with E-state index < -0.39 is 29.8 Å². The molecule has 0 radical (unpaired) electrons. The fourth-order valence-corrected chi connectivity index (χ4v) is 16.8. The zero-order chi connectivity index (χ0) is 49.0. The van der Waals surface area contributed by atoms with Crippen LogP contribution in [-0.2, 0) is 6.37 Å². The Morgan fingerprint density at radius 2 is 1.09 bits per heavy atom. The van der Waals surface area contributed by atoms with E-state index in [9.17, 15) is 29.2 Å². The molecule has 10 rings (SSSR count). The van der Waals surface area contributed by atoms with Gasteiger partial charge in [-0.15, -0.1) is 0 Å². The van der Waals surface area contributed by atoms with Gasteiger partial charge in [0.25, 0.3) is 0 Å². The Bertz CT molecular complexity index is 2330. The van der Waals surface area contributed by atoms with E-state index in [1.165, 1.54) is 55.2 Å². The monoisotopic (exact) mass is 881 g/mol. The number of benzene rings is 2. The molecule has 6 heteroatoms. The molecule has 0 unspecified atom stereocenters. The van der Waals surface area contributed by atoms with Gasteiger partial charge in [0, 0.05) is 17.0 Å². The third-order valence-electron chi connectivity index (χ3n) is 20.1. The summed E-state index contributed by atoms with van der Waals surface area (Å²) in [5.41, 5.74) is 0.900. The molecule has 4 N–H and O–H groups in total. The lowest BCUT2D eigenvalue weighted by atomic mass is 9.46. The number of aryl methyl sites for hydroxylation is 1. The summed E-state index contributed by atoms with van der Waals surface area (Å²) in [6.45, 7) is 12.8. The average Bonchev–Trinajstić information content (AvgIpc) is 3.85. The molecule has 0 saturated heterocycles. The van der Waals surface area contributed by atoms with Gasteiger partial charge in [0.15, 0.2) is 0 Å². The van der Waals surface area contributed by atoms with Crippen molar-refractivity contribution in [3.05, 3.63) is 94.6 Å². The van der Waals surface area contributed by atoms with Gasteiger partial charge in [-0.3, -0.25) is 0 Å². The predicted molar refractivity (Wildman–Crippen MR) is 252 cm³/mol. The van der Waals surface area contributed by atoms with E-state index in [4.69, 9.17) is 5.48 Å². The molecule has 6 fully saturated rings. The first-order valence-corrected chi connectivity index (χ1v) is 25.0. The molecule has 348 valence electrons. The van der Waals surface area contributed by atoms with E-state index in [2.05, 4.69) is 51.7 Å². The molecule has 0 spiro atoms. The Kier molecular flexibility index (Phi) is 11.0. The highest BCUT2D eigenvalue weighted by Gasteiger charge is 2.63. The van der Waals surface area contributed by atoms with Gasteiger partial charge in [-0.1, -0.05) is 75.0 Å². The summed E-state index contributed by atoms with van der Waals surface area (Å²) < 4.78 is 62.1. The molecule has 0 bridgehead atoms. The molecule has 4 nitrogen and oxygen atoms in total. The van der Waals surface area contributed by atoms with Crippen molar-refractivity contribution in [2.75, 3.05) is 0 Å². The van der Waals surface area contributed by atoms with Crippen molar-refractivity contribution < 1.29 is 34.7 Å². The quantitative estimate of drug-likeness (QED) is 0.178. The van der Waals surface area contributed by atoms with E-state index >= 15 is 0 Å². The van der Waals surface area contributed by atoms with Crippen LogP contribution >= 0.6 is 0 Å². The highest BCUT2D eigenvalue weighted by molar-refractivity contribution is 5.37. The first kappa shape index (κ1) is 41.4. The second-order valence-electron chi connectivity index (χ2n) is 23.5. The summed E-state index contributed by atoms with van der Waals surface area (Å²) in [4.78, 5) is 0. The third kappa shape index (κ3) is 8.11. The summed E-state index contributed by atoms with van der Waals surface area (Å²) in [6.07, 6.45) is 15.0. The molecular weight excluding hydrogens is 799 g/mol. The Hall–Kier alpha value is -2.82. The number of aliphatic hydroxyl groups is 4. The summed E-state index contributed by atoms with van der Waals surface area (Å²) in [5, 5.41) is 43.9. The number of rotatable bonds is 5. The number of halogens is 2. The van der Waals surface area contributed by atoms with Crippen molar-refractivity contribution in [2.45, 2.75) is 180 Å². The Labute approximate surface area is 389 Å². The standard InChI is InChI=1S/C29H41FO2.C29H37FO2/c2*1-27-15-13-22(31)18-20(27)6-9-23-24-10-11-26(28(24,2)16-14-25(23)27)29(3,32)17-12-19-4-7-21(30)8-5-19/h4-8,22-26,31-32H,9-18H2,1-3H3;4-8,22-26,31-32H,9-11,13-16,18H2,1-3H3/t2*22-,23-,24-,25-,26-,27-,28-,29+/m00/s1/i12D2,17D2;. The van der Waals surface area contributed by atoms with E-state index in [1.54, 1.807) is 12.1 Å². The summed E-state index contributed by atoms with van der Waals surface area (Å²) in [6, 6.07) is 11.0. The van der Waals surface area contributed by atoms with Gasteiger partial charge < -0.3 is 20.4 Å². The van der Waals surface area contributed by atoms with Gasteiger partial charge in [0.05, 0.1) is 17.8 Å². The fraction of sp³-hybridized carbons (Fsp3) is 0.690. The van der Waals surface area contributed by atoms with Crippen LogP contribution in [0.4, 0.5) is 8.78 Å². The number of aliphatic hydroxyl groups excluding tert-OH is 2. The maximum atomic E-state index is 13.5. The van der Waals surface area contributed by atoms with Crippen molar-refractivity contribution >= 4 is 0 Å². The summed E-state index contributed by atoms with van der Waals surface area (Å²) in [7, 11) is 0. The Morgan fingerprint density at radius 1 is 0.625 bits per heavy atom. The smallest absolute Gasteiger partial charge is 0.126 e. The molecule has 0 aliphatic heterocycles. The maximum absolute atomic E-state index is 13.5. The minimum absolute atomic E-state index is 0.0370. The number of hydrogen-bond acceptors (Lipinski definition) is 4. The van der Waals surface area contributed by atoms with Crippen molar-refractivity contribution in [1.82, 2.24) is 0 Å². The van der Waals surface area contributed by atoms with Crippen molar-refractivity contribution in [2.24, 2.45) is 69.0 Å². The van der Waals surface area contributed by atoms with Crippen LogP contribution in [0.5, 0.6) is 0 Å². The zero-order valence-corrected chi connectivity index (χ0v) is 39.4. The minimum atomic E-state index is -2.58. The first-order valence-electron chi connectivity index (χ1n) is 27.0. The summed E-state index contributed by atoms with van der Waals surface area (Å²) in [5.74, 6) is 8.61. The number of hydrogen-bond donors (Lipinski definition) is 4. The highest BCUT2D eigenvalue weighted by Crippen LogP contribution is 2.69. The lowest BCUT2D eigenvalue weighted by Crippen LogP contribution is -2.53. The van der Waals surface area contributed by atoms with Crippen LogP contribution in [0.15, 0.2) is 71.8 Å². The second kappa shape index (κ2) is 17.1. The topological polar surface area (TPSA) is 80.9 Å². The molecule has 2 aromatic rings. The van der Waals surface area contributed by atoms with Gasteiger partial charge in [-0.2, -0.15) is 0 Å². The highest BCUT2D eigenvalue weighted by atomic mass is 19.1. The Morgan fingerprint density at radius 3 is 1.61 bits per heavy atom. The summed E-state index contributed by atoms with van der Waals surface area (Å²) >= 11 is 0. The zero-order valence-electron chi connectivity index (χ0n) is 43.4. The lowest BCUT2D eigenvalue weighted by molar-refractivity contribution is -0.104. The fourth-order valence-electron chi connectivity index (χ4n) is 16.8. The molecule has 0 heterocycles. The number of allylic oxidation sites excluding steroid dienone is 2. The molecule has 8 aliphatic rings. The van der Waals surface area contributed by atoms with E-state index in [-0.39, 0.29) is 57.1 Å². The van der Waals surface area contributed by atoms with E-state index in [0.717, 1.165) is 101 Å². The second-order valence-corrected chi connectivity index (χ2v) is 23.5. The maximum Gasteiger partial charge on any atom is 0.126 e. The minimum Gasteiger partial charge on any atom is -0.393 e. The molecule has 0 amide bonds. The van der Waals surface area contributed by atoms with Crippen molar-refractivity contribution in [3.8, 4) is 11.8 Å². The van der Waals surface area contributed by atoms with Crippen LogP contribution in [0, 0.1) is 92.5 Å². The largest absolute Gasteiger partial charge is 0.393 e. The van der Waals surface area contributed by atoms with Gasteiger partial charge in [0.1, 0.15) is 17.2 Å². The van der Waals surface area contributed by atoms with Crippen molar-refractivity contribution in [1.29, 1.82) is 0 Å². The van der Waals surface area contributed by atoms with Crippen LogP contribution < -0.4 is 0 Å². The van der Waals surface area contributed by atoms with Crippen LogP contribution in [0.1, 0.15) is 167 Å². The predicted octanol–water partition coefficient (Wildman–Crippen LogP) is 12.3. The third-order valence-corrected chi connectivity index (χ3v) is 20.1. The molecule has 64 heavy (non-hydrogen) atoms. The van der Waals surface area contributed by atoms with Gasteiger partial charge in [0.2, 0.25) is 0 Å². The van der Waals surface area contributed by atoms with E-state index in [0.29, 0.717) is 41.9 Å². The molecule has 16 atom stereocenters. The van der Waals surface area contributed by atoms with Gasteiger partial charge in [-0.05, 0) is 234 Å². The van der Waals surface area contributed by atoms with Gasteiger partial charge >= 0.3 is 0 Å². The van der Waals surface area contributed by atoms with E-state index in [1.807, 2.05) is 6.92 Å². The molecule has 8 aliphatic carbocycles. The van der Waals surface area contributed by atoms with Gasteiger partial charge in [-0.25, -0.2) is 8.78 Å². The molecular formula is C58H78F2O4. The Balaban J connectivity index is 0.000000171. The molecule has 6 saturated carbocycles. The van der Waals surface area contributed by atoms with Crippen molar-refractivity contribution in [3.63, 3.8) is 0 Å². The average molecular weight is 881 g/mol. The normalized spacial score (nSPS) is 44.1. The van der Waals surface area contributed by atoms with Crippen LogP contribution in [-0.4, -0.2) is 43.8 Å². The first-order chi connectivity index (χ1) is 31.8.